The van der Waals surface area contributed by atoms with E-state index in [1.807, 2.05) is 6.92 Å². The summed E-state index contributed by atoms with van der Waals surface area (Å²) in [5.41, 5.74) is 1.45. The maximum atomic E-state index is 11.5. The summed E-state index contributed by atoms with van der Waals surface area (Å²) in [7, 11) is 0. The largest absolute Gasteiger partial charge is 0.545 e. The maximum Gasteiger partial charge on any atom is 0.226 e. The Labute approximate surface area is 101 Å². The summed E-state index contributed by atoms with van der Waals surface area (Å²) < 4.78 is 0. The zero-order valence-corrected chi connectivity index (χ0v) is 10.2. The number of anilines is 1. The summed E-state index contributed by atoms with van der Waals surface area (Å²) >= 11 is 0. The minimum absolute atomic E-state index is 0.0896. The molecule has 0 aliphatic rings. The van der Waals surface area contributed by atoms with Crippen molar-refractivity contribution in [1.29, 1.82) is 0 Å². The molecule has 4 heteroatoms. The third-order valence-electron chi connectivity index (χ3n) is 2.50. The standard InChI is InChI=1S/C13H17NO3/c1-4-9-7-10(14-12(15)8(2)3)5-6-11(9)13(16)17/h5-8H,4H2,1-3H3,(H,14,15)(H,16,17)/p-1. The van der Waals surface area contributed by atoms with Crippen molar-refractivity contribution >= 4 is 17.6 Å². The number of nitrogens with one attached hydrogen (secondary N) is 1. The number of aryl methyl sites for hydroxylation is 1. The van der Waals surface area contributed by atoms with Crippen LogP contribution in [0.5, 0.6) is 0 Å². The van der Waals surface area contributed by atoms with Crippen molar-refractivity contribution in [2.45, 2.75) is 27.2 Å². The number of carbonyl (C=O) groups excluding carboxylic acids is 2. The molecule has 0 unspecified atom stereocenters. The van der Waals surface area contributed by atoms with Gasteiger partial charge in [-0.2, -0.15) is 0 Å². The van der Waals surface area contributed by atoms with E-state index >= 15 is 0 Å². The van der Waals surface area contributed by atoms with Crippen molar-refractivity contribution in [2.24, 2.45) is 5.92 Å². The highest BCUT2D eigenvalue weighted by Gasteiger charge is 2.09. The first-order valence-electron chi connectivity index (χ1n) is 5.60. The lowest BCUT2D eigenvalue weighted by Crippen LogP contribution is -2.24. The average Bonchev–Trinajstić information content (AvgIpc) is 2.28. The van der Waals surface area contributed by atoms with E-state index in [2.05, 4.69) is 5.32 Å². The summed E-state index contributed by atoms with van der Waals surface area (Å²) in [5.74, 6) is -1.39. The van der Waals surface area contributed by atoms with E-state index in [0.717, 1.165) is 0 Å². The van der Waals surface area contributed by atoms with Crippen LogP contribution in [0.3, 0.4) is 0 Å². The molecule has 0 bridgehead atoms. The van der Waals surface area contributed by atoms with Crippen LogP contribution in [-0.4, -0.2) is 11.9 Å². The summed E-state index contributed by atoms with van der Waals surface area (Å²) in [5, 5.41) is 13.6. The Hall–Kier alpha value is -1.84. The van der Waals surface area contributed by atoms with Crippen molar-refractivity contribution in [2.75, 3.05) is 5.32 Å². The Balaban J connectivity index is 2.98. The molecule has 0 fully saturated rings. The molecule has 1 amide bonds. The molecule has 0 aromatic heterocycles. The van der Waals surface area contributed by atoms with Gasteiger partial charge in [0.2, 0.25) is 5.91 Å². The number of carbonyl (C=O) groups is 2. The summed E-state index contributed by atoms with van der Waals surface area (Å²) in [6.45, 7) is 5.45. The average molecular weight is 234 g/mol. The van der Waals surface area contributed by atoms with Crippen molar-refractivity contribution in [1.82, 2.24) is 0 Å². The van der Waals surface area contributed by atoms with E-state index in [1.165, 1.54) is 6.07 Å². The molecule has 0 saturated carbocycles. The zero-order valence-electron chi connectivity index (χ0n) is 10.2. The zero-order chi connectivity index (χ0) is 13.0. The lowest BCUT2D eigenvalue weighted by molar-refractivity contribution is -0.255. The number of amides is 1. The quantitative estimate of drug-likeness (QED) is 0.851. The lowest BCUT2D eigenvalue weighted by Gasteiger charge is -2.13. The van der Waals surface area contributed by atoms with Crippen LogP contribution >= 0.6 is 0 Å². The molecule has 1 aromatic rings. The number of carboxylic acids is 1. The Morgan fingerprint density at radius 2 is 2.00 bits per heavy atom. The van der Waals surface area contributed by atoms with Gasteiger partial charge < -0.3 is 15.2 Å². The Bertz CT molecular complexity index is 438. The van der Waals surface area contributed by atoms with Crippen molar-refractivity contribution in [3.8, 4) is 0 Å². The summed E-state index contributed by atoms with van der Waals surface area (Å²) in [6, 6.07) is 4.71. The fourth-order valence-electron chi connectivity index (χ4n) is 1.45. The highest BCUT2D eigenvalue weighted by Crippen LogP contribution is 2.17. The molecule has 0 radical (unpaired) electrons. The molecule has 1 aromatic carbocycles. The maximum absolute atomic E-state index is 11.5. The first-order valence-corrected chi connectivity index (χ1v) is 5.60. The smallest absolute Gasteiger partial charge is 0.226 e. The highest BCUT2D eigenvalue weighted by molar-refractivity contribution is 5.93. The van der Waals surface area contributed by atoms with E-state index < -0.39 is 5.97 Å². The molecular formula is C13H16NO3-. The minimum atomic E-state index is -1.19. The van der Waals surface area contributed by atoms with E-state index in [1.54, 1.807) is 26.0 Å². The van der Waals surface area contributed by atoms with Crippen molar-refractivity contribution in [3.05, 3.63) is 29.3 Å². The SMILES string of the molecule is CCc1cc(NC(=O)C(C)C)ccc1C(=O)[O-]. The number of hydrogen-bond acceptors (Lipinski definition) is 3. The number of carboxylic acid groups (broad SMARTS) is 1. The Morgan fingerprint density at radius 1 is 1.35 bits per heavy atom. The van der Waals surface area contributed by atoms with E-state index in [9.17, 15) is 14.7 Å². The number of benzene rings is 1. The second-order valence-corrected chi connectivity index (χ2v) is 4.16. The first kappa shape index (κ1) is 13.2. The van der Waals surface area contributed by atoms with Crippen molar-refractivity contribution in [3.63, 3.8) is 0 Å². The Kier molecular flexibility index (Phi) is 4.26. The molecule has 17 heavy (non-hydrogen) atoms. The predicted octanol–water partition coefficient (Wildman–Crippen LogP) is 1.21. The summed E-state index contributed by atoms with van der Waals surface area (Å²) in [4.78, 5) is 22.3. The number of aromatic carboxylic acids is 1. The highest BCUT2D eigenvalue weighted by atomic mass is 16.4. The molecule has 0 aliphatic heterocycles. The van der Waals surface area contributed by atoms with Crippen LogP contribution in [0.25, 0.3) is 0 Å². The third kappa shape index (κ3) is 3.31. The van der Waals surface area contributed by atoms with Gasteiger partial charge in [0.25, 0.3) is 0 Å². The van der Waals surface area contributed by atoms with E-state index in [0.29, 0.717) is 17.7 Å². The van der Waals surface area contributed by atoms with Gasteiger partial charge >= 0.3 is 0 Å². The van der Waals surface area contributed by atoms with Gasteiger partial charge in [0.05, 0.1) is 5.97 Å². The summed E-state index contributed by atoms with van der Waals surface area (Å²) in [6.07, 6.45) is 0.578. The molecule has 0 saturated heterocycles. The van der Waals surface area contributed by atoms with Crippen LogP contribution in [0.15, 0.2) is 18.2 Å². The van der Waals surface area contributed by atoms with Gasteiger partial charge in [-0.05, 0) is 24.1 Å². The van der Waals surface area contributed by atoms with Crippen LogP contribution < -0.4 is 10.4 Å². The second-order valence-electron chi connectivity index (χ2n) is 4.16. The van der Waals surface area contributed by atoms with Crippen LogP contribution in [0.4, 0.5) is 5.69 Å². The monoisotopic (exact) mass is 234 g/mol. The predicted molar refractivity (Wildman–Crippen MR) is 63.6 cm³/mol. The van der Waals surface area contributed by atoms with Crippen molar-refractivity contribution < 1.29 is 14.7 Å². The molecule has 0 atom stereocenters. The second kappa shape index (κ2) is 5.48. The van der Waals surface area contributed by atoms with Crippen LogP contribution in [0, 0.1) is 5.92 Å². The molecule has 92 valence electrons. The number of hydrogen-bond donors (Lipinski definition) is 1. The first-order chi connectivity index (χ1) is 7.95. The van der Waals surface area contributed by atoms with Crippen LogP contribution in [0.2, 0.25) is 0 Å². The minimum Gasteiger partial charge on any atom is -0.545 e. The van der Waals surface area contributed by atoms with Gasteiger partial charge in [0, 0.05) is 17.2 Å². The Morgan fingerprint density at radius 3 is 2.47 bits per heavy atom. The van der Waals surface area contributed by atoms with Crippen LogP contribution in [-0.2, 0) is 11.2 Å². The van der Waals surface area contributed by atoms with Gasteiger partial charge in [-0.25, -0.2) is 0 Å². The molecule has 0 heterocycles. The van der Waals surface area contributed by atoms with Gasteiger partial charge in [0.1, 0.15) is 0 Å². The van der Waals surface area contributed by atoms with Gasteiger partial charge in [-0.1, -0.05) is 26.8 Å². The molecule has 4 nitrogen and oxygen atoms in total. The lowest BCUT2D eigenvalue weighted by atomic mass is 10.0. The molecular weight excluding hydrogens is 218 g/mol. The topological polar surface area (TPSA) is 69.2 Å². The van der Waals surface area contributed by atoms with Gasteiger partial charge in [-0.3, -0.25) is 4.79 Å². The fraction of sp³-hybridized carbons (Fsp3) is 0.385. The van der Waals surface area contributed by atoms with Gasteiger partial charge in [-0.15, -0.1) is 0 Å². The molecule has 0 spiro atoms. The van der Waals surface area contributed by atoms with Gasteiger partial charge in [0.15, 0.2) is 0 Å². The van der Waals surface area contributed by atoms with E-state index in [4.69, 9.17) is 0 Å². The molecule has 1 rings (SSSR count). The normalized spacial score (nSPS) is 10.4. The molecule has 0 aliphatic carbocycles. The van der Waals surface area contributed by atoms with Crippen LogP contribution in [0.1, 0.15) is 36.7 Å². The third-order valence-corrected chi connectivity index (χ3v) is 2.50. The fourth-order valence-corrected chi connectivity index (χ4v) is 1.45. The number of rotatable bonds is 4. The molecule has 1 N–H and O–H groups in total. The van der Waals surface area contributed by atoms with E-state index in [-0.39, 0.29) is 17.4 Å².